The van der Waals surface area contributed by atoms with Gasteiger partial charge in [-0.25, -0.2) is 0 Å². The van der Waals surface area contributed by atoms with Crippen LogP contribution in [0, 0.1) is 0 Å². The highest BCUT2D eigenvalue weighted by molar-refractivity contribution is 9.09. The van der Waals surface area contributed by atoms with Crippen LogP contribution in [0.5, 0.6) is 0 Å². The fourth-order valence-corrected chi connectivity index (χ4v) is 1.63. The molecule has 0 aromatic carbocycles. The number of amides is 1. The van der Waals surface area contributed by atoms with Crippen LogP contribution in [0.4, 0.5) is 0 Å². The van der Waals surface area contributed by atoms with E-state index in [1.165, 1.54) is 0 Å². The van der Waals surface area contributed by atoms with Gasteiger partial charge in [-0.05, 0) is 12.8 Å². The molecule has 0 saturated heterocycles. The summed E-state index contributed by atoms with van der Waals surface area (Å²) in [7, 11) is 1.86. The van der Waals surface area contributed by atoms with E-state index in [-0.39, 0.29) is 5.91 Å². The highest BCUT2D eigenvalue weighted by Crippen LogP contribution is 1.99. The first-order chi connectivity index (χ1) is 7.22. The summed E-state index contributed by atoms with van der Waals surface area (Å²) < 4.78 is 1.73. The Labute approximate surface area is 98.2 Å². The van der Waals surface area contributed by atoms with Crippen molar-refractivity contribution in [3.63, 3.8) is 0 Å². The molecule has 0 aliphatic heterocycles. The SMILES string of the molecule is Cn1cc(CNC(=O)CCCCBr)cn1. The van der Waals surface area contributed by atoms with Crippen molar-refractivity contribution in [2.75, 3.05) is 5.33 Å². The Balaban J connectivity index is 2.16. The van der Waals surface area contributed by atoms with Crippen LogP contribution in [-0.4, -0.2) is 21.0 Å². The normalized spacial score (nSPS) is 10.3. The zero-order chi connectivity index (χ0) is 11.1. The molecule has 1 rings (SSSR count). The predicted octanol–water partition coefficient (Wildman–Crippen LogP) is 1.60. The quantitative estimate of drug-likeness (QED) is 0.632. The number of carbonyl (C=O) groups is 1. The van der Waals surface area contributed by atoms with Crippen molar-refractivity contribution in [2.45, 2.75) is 25.8 Å². The van der Waals surface area contributed by atoms with Crippen LogP contribution < -0.4 is 5.32 Å². The fraction of sp³-hybridized carbons (Fsp3) is 0.600. The third kappa shape index (κ3) is 4.97. The molecule has 0 atom stereocenters. The topological polar surface area (TPSA) is 46.9 Å². The zero-order valence-corrected chi connectivity index (χ0v) is 10.5. The first kappa shape index (κ1) is 12.2. The molecule has 0 saturated carbocycles. The van der Waals surface area contributed by atoms with Crippen molar-refractivity contribution < 1.29 is 4.79 Å². The summed E-state index contributed by atoms with van der Waals surface area (Å²) in [6.45, 7) is 0.570. The van der Waals surface area contributed by atoms with E-state index in [1.54, 1.807) is 10.9 Å². The van der Waals surface area contributed by atoms with Gasteiger partial charge in [0.2, 0.25) is 5.91 Å². The van der Waals surface area contributed by atoms with Gasteiger partial charge in [-0.15, -0.1) is 0 Å². The summed E-state index contributed by atoms with van der Waals surface area (Å²) in [4.78, 5) is 11.3. The second kappa shape index (κ2) is 6.61. The smallest absolute Gasteiger partial charge is 0.220 e. The van der Waals surface area contributed by atoms with E-state index >= 15 is 0 Å². The number of unbranched alkanes of at least 4 members (excludes halogenated alkanes) is 1. The van der Waals surface area contributed by atoms with Crippen LogP contribution in [0.3, 0.4) is 0 Å². The molecular weight excluding hydrogens is 258 g/mol. The molecule has 0 aliphatic carbocycles. The molecule has 0 bridgehead atoms. The highest BCUT2D eigenvalue weighted by atomic mass is 79.9. The average Bonchev–Trinajstić information content (AvgIpc) is 2.62. The molecule has 0 fully saturated rings. The molecule has 5 heteroatoms. The van der Waals surface area contributed by atoms with Crippen LogP contribution in [-0.2, 0) is 18.4 Å². The molecule has 1 heterocycles. The number of hydrogen-bond donors (Lipinski definition) is 1. The van der Waals surface area contributed by atoms with Gasteiger partial charge in [-0.2, -0.15) is 5.10 Å². The van der Waals surface area contributed by atoms with E-state index in [9.17, 15) is 4.79 Å². The molecule has 1 amide bonds. The lowest BCUT2D eigenvalue weighted by atomic mass is 10.2. The summed E-state index contributed by atoms with van der Waals surface area (Å²) in [5.41, 5.74) is 1.03. The summed E-state index contributed by atoms with van der Waals surface area (Å²) in [5, 5.41) is 7.85. The molecule has 0 unspecified atom stereocenters. The number of aryl methyl sites for hydroxylation is 1. The van der Waals surface area contributed by atoms with Crippen LogP contribution >= 0.6 is 15.9 Å². The van der Waals surface area contributed by atoms with Crippen molar-refractivity contribution in [3.8, 4) is 0 Å². The van der Waals surface area contributed by atoms with Gasteiger partial charge in [0.05, 0.1) is 6.20 Å². The van der Waals surface area contributed by atoms with Crippen molar-refractivity contribution in [2.24, 2.45) is 7.05 Å². The van der Waals surface area contributed by atoms with Gasteiger partial charge in [0, 0.05) is 37.1 Å². The van der Waals surface area contributed by atoms with E-state index in [1.807, 2.05) is 13.2 Å². The molecule has 15 heavy (non-hydrogen) atoms. The third-order valence-electron chi connectivity index (χ3n) is 2.04. The molecule has 0 radical (unpaired) electrons. The third-order valence-corrected chi connectivity index (χ3v) is 2.60. The summed E-state index contributed by atoms with van der Waals surface area (Å²) in [5.74, 6) is 0.111. The number of alkyl halides is 1. The Kier molecular flexibility index (Phi) is 5.39. The van der Waals surface area contributed by atoms with E-state index in [0.717, 1.165) is 23.7 Å². The number of nitrogens with one attached hydrogen (secondary N) is 1. The zero-order valence-electron chi connectivity index (χ0n) is 8.87. The molecule has 0 spiro atoms. The van der Waals surface area contributed by atoms with Crippen LogP contribution in [0.2, 0.25) is 0 Å². The van der Waals surface area contributed by atoms with Crippen molar-refractivity contribution in [1.82, 2.24) is 15.1 Å². The number of rotatable bonds is 6. The number of halogens is 1. The Morgan fingerprint density at radius 3 is 3.00 bits per heavy atom. The summed E-state index contributed by atoms with van der Waals surface area (Å²) in [6.07, 6.45) is 6.24. The first-order valence-electron chi connectivity index (χ1n) is 5.02. The molecule has 0 aliphatic rings. The minimum Gasteiger partial charge on any atom is -0.352 e. The number of nitrogens with zero attached hydrogens (tertiary/aromatic N) is 2. The van der Waals surface area contributed by atoms with Gasteiger partial charge in [0.25, 0.3) is 0 Å². The summed E-state index contributed by atoms with van der Waals surface area (Å²) in [6, 6.07) is 0. The van der Waals surface area contributed by atoms with Gasteiger partial charge in [0.15, 0.2) is 0 Å². The second-order valence-electron chi connectivity index (χ2n) is 3.45. The van der Waals surface area contributed by atoms with Gasteiger partial charge in [0.1, 0.15) is 0 Å². The Bertz CT molecular complexity index is 311. The second-order valence-corrected chi connectivity index (χ2v) is 4.24. The van der Waals surface area contributed by atoms with Crippen LogP contribution in [0.15, 0.2) is 12.4 Å². The van der Waals surface area contributed by atoms with Gasteiger partial charge in [-0.3, -0.25) is 9.48 Å². The van der Waals surface area contributed by atoms with Gasteiger partial charge in [-0.1, -0.05) is 15.9 Å². The lowest BCUT2D eigenvalue weighted by molar-refractivity contribution is -0.121. The van der Waals surface area contributed by atoms with Crippen LogP contribution in [0.25, 0.3) is 0 Å². The maximum atomic E-state index is 11.3. The fourth-order valence-electron chi connectivity index (χ4n) is 1.23. The maximum absolute atomic E-state index is 11.3. The Morgan fingerprint density at radius 2 is 2.40 bits per heavy atom. The van der Waals surface area contributed by atoms with Crippen molar-refractivity contribution >= 4 is 21.8 Å². The minimum absolute atomic E-state index is 0.111. The standard InChI is InChI=1S/C10H16BrN3O/c1-14-8-9(7-13-14)6-12-10(15)4-2-3-5-11/h7-8H,2-6H2,1H3,(H,12,15). The molecule has 84 valence electrons. The monoisotopic (exact) mass is 273 g/mol. The summed E-state index contributed by atoms with van der Waals surface area (Å²) >= 11 is 3.34. The van der Waals surface area contributed by atoms with E-state index in [4.69, 9.17) is 0 Å². The van der Waals surface area contributed by atoms with Gasteiger partial charge < -0.3 is 5.32 Å². The molecule has 4 nitrogen and oxygen atoms in total. The lowest BCUT2D eigenvalue weighted by Gasteiger charge is -2.02. The largest absolute Gasteiger partial charge is 0.352 e. The van der Waals surface area contributed by atoms with E-state index < -0.39 is 0 Å². The van der Waals surface area contributed by atoms with Gasteiger partial charge >= 0.3 is 0 Å². The molecular formula is C10H16BrN3O. The molecule has 1 aromatic heterocycles. The average molecular weight is 274 g/mol. The van der Waals surface area contributed by atoms with E-state index in [2.05, 4.69) is 26.3 Å². The first-order valence-corrected chi connectivity index (χ1v) is 6.14. The van der Waals surface area contributed by atoms with Crippen LogP contribution in [0.1, 0.15) is 24.8 Å². The molecule has 1 aromatic rings. The molecule has 1 N–H and O–H groups in total. The maximum Gasteiger partial charge on any atom is 0.220 e. The number of aromatic nitrogens is 2. The Hall–Kier alpha value is -0.840. The lowest BCUT2D eigenvalue weighted by Crippen LogP contribution is -2.22. The van der Waals surface area contributed by atoms with E-state index in [0.29, 0.717) is 13.0 Å². The Morgan fingerprint density at radius 1 is 1.60 bits per heavy atom. The minimum atomic E-state index is 0.111. The van der Waals surface area contributed by atoms with Crippen molar-refractivity contribution in [3.05, 3.63) is 18.0 Å². The van der Waals surface area contributed by atoms with Crippen molar-refractivity contribution in [1.29, 1.82) is 0 Å². The number of hydrogen-bond acceptors (Lipinski definition) is 2. The number of carbonyl (C=O) groups excluding carboxylic acids is 1. The highest BCUT2D eigenvalue weighted by Gasteiger charge is 2.01. The predicted molar refractivity (Wildman–Crippen MR) is 62.7 cm³/mol.